The molecule has 0 fully saturated rings. The average molecular weight is 250 g/mol. The van der Waals surface area contributed by atoms with Gasteiger partial charge in [0.1, 0.15) is 11.4 Å². The van der Waals surface area contributed by atoms with Gasteiger partial charge in [0, 0.05) is 19.3 Å². The molecule has 0 bridgehead atoms. The first kappa shape index (κ1) is 14.5. The molecule has 0 spiro atoms. The molecule has 1 N–H and O–H groups in total. The summed E-state index contributed by atoms with van der Waals surface area (Å²) >= 11 is 0. The standard InChI is InChI=1S/C14H22N2O2/c1-4-11(5-2)10-16(6-3)13-12(14(17)18)8-7-9-15-13/h7-9,11H,4-6,10H2,1-3H3,(H,17,18). The van der Waals surface area contributed by atoms with E-state index < -0.39 is 5.97 Å². The summed E-state index contributed by atoms with van der Waals surface area (Å²) in [5.41, 5.74) is 0.283. The number of hydrogen-bond acceptors (Lipinski definition) is 3. The number of nitrogens with zero attached hydrogens (tertiary/aromatic N) is 2. The first-order valence-electron chi connectivity index (χ1n) is 6.57. The minimum Gasteiger partial charge on any atom is -0.478 e. The number of aromatic nitrogens is 1. The van der Waals surface area contributed by atoms with Gasteiger partial charge in [0.2, 0.25) is 0 Å². The highest BCUT2D eigenvalue weighted by molar-refractivity contribution is 5.93. The molecular weight excluding hydrogens is 228 g/mol. The molecule has 0 aliphatic rings. The number of hydrogen-bond donors (Lipinski definition) is 1. The molecule has 1 rings (SSSR count). The average Bonchev–Trinajstić information content (AvgIpc) is 2.40. The zero-order chi connectivity index (χ0) is 13.5. The van der Waals surface area contributed by atoms with Crippen molar-refractivity contribution >= 4 is 11.8 Å². The van der Waals surface area contributed by atoms with Gasteiger partial charge >= 0.3 is 5.97 Å². The van der Waals surface area contributed by atoms with Crippen molar-refractivity contribution in [2.45, 2.75) is 33.6 Å². The number of pyridine rings is 1. The van der Waals surface area contributed by atoms with Crippen LogP contribution in [0.1, 0.15) is 44.0 Å². The summed E-state index contributed by atoms with van der Waals surface area (Å²) in [4.78, 5) is 17.5. The first-order chi connectivity index (χ1) is 8.63. The molecule has 0 atom stereocenters. The van der Waals surface area contributed by atoms with Crippen LogP contribution in [0.4, 0.5) is 5.82 Å². The number of carboxylic acids is 1. The highest BCUT2D eigenvalue weighted by Gasteiger charge is 2.18. The number of carbonyl (C=O) groups is 1. The Morgan fingerprint density at radius 2 is 2.06 bits per heavy atom. The van der Waals surface area contributed by atoms with Gasteiger partial charge < -0.3 is 10.0 Å². The highest BCUT2D eigenvalue weighted by atomic mass is 16.4. The minimum absolute atomic E-state index is 0.283. The molecule has 0 unspecified atom stereocenters. The zero-order valence-corrected chi connectivity index (χ0v) is 11.4. The Morgan fingerprint density at radius 1 is 1.39 bits per heavy atom. The van der Waals surface area contributed by atoms with Crippen molar-refractivity contribution in [2.24, 2.45) is 5.92 Å². The molecule has 4 nitrogen and oxygen atoms in total. The van der Waals surface area contributed by atoms with Gasteiger partial charge in [-0.1, -0.05) is 26.7 Å². The van der Waals surface area contributed by atoms with Crippen LogP contribution >= 0.6 is 0 Å². The van der Waals surface area contributed by atoms with Crippen LogP contribution in [0, 0.1) is 5.92 Å². The quantitative estimate of drug-likeness (QED) is 0.808. The van der Waals surface area contributed by atoms with Crippen LogP contribution in [-0.2, 0) is 0 Å². The summed E-state index contributed by atoms with van der Waals surface area (Å²) in [5.74, 6) is 0.245. The topological polar surface area (TPSA) is 53.4 Å². The number of rotatable bonds is 7. The van der Waals surface area contributed by atoms with Gasteiger partial charge in [-0.15, -0.1) is 0 Å². The predicted octanol–water partition coefficient (Wildman–Crippen LogP) is 3.04. The fourth-order valence-electron chi connectivity index (χ4n) is 2.04. The summed E-state index contributed by atoms with van der Waals surface area (Å²) in [7, 11) is 0. The molecule has 0 aromatic carbocycles. The fourth-order valence-corrected chi connectivity index (χ4v) is 2.04. The van der Waals surface area contributed by atoms with E-state index >= 15 is 0 Å². The second-order valence-corrected chi connectivity index (χ2v) is 4.40. The van der Waals surface area contributed by atoms with E-state index in [0.29, 0.717) is 11.7 Å². The molecule has 0 amide bonds. The lowest BCUT2D eigenvalue weighted by Gasteiger charge is -2.27. The molecule has 18 heavy (non-hydrogen) atoms. The lowest BCUT2D eigenvalue weighted by Crippen LogP contribution is -2.31. The SMILES string of the molecule is CCC(CC)CN(CC)c1ncccc1C(=O)O. The Kier molecular flexibility index (Phi) is 5.62. The van der Waals surface area contributed by atoms with Crippen molar-refractivity contribution in [3.05, 3.63) is 23.9 Å². The predicted molar refractivity (Wildman–Crippen MR) is 73.2 cm³/mol. The number of aromatic carboxylic acids is 1. The van der Waals surface area contributed by atoms with Crippen molar-refractivity contribution in [1.82, 2.24) is 4.98 Å². The maximum atomic E-state index is 11.2. The van der Waals surface area contributed by atoms with Crippen molar-refractivity contribution in [3.63, 3.8) is 0 Å². The van der Waals surface area contributed by atoms with E-state index in [1.54, 1.807) is 18.3 Å². The molecule has 1 aromatic heterocycles. The molecule has 1 aromatic rings. The molecule has 0 saturated carbocycles. The Morgan fingerprint density at radius 3 is 2.56 bits per heavy atom. The molecule has 0 saturated heterocycles. The summed E-state index contributed by atoms with van der Waals surface area (Å²) in [6, 6.07) is 3.28. The molecule has 0 aliphatic heterocycles. The van der Waals surface area contributed by atoms with Gasteiger partial charge in [-0.05, 0) is 25.0 Å². The van der Waals surface area contributed by atoms with Gasteiger partial charge in [0.25, 0.3) is 0 Å². The summed E-state index contributed by atoms with van der Waals surface area (Å²) in [6.45, 7) is 7.99. The van der Waals surface area contributed by atoms with Crippen molar-refractivity contribution in [2.75, 3.05) is 18.0 Å². The summed E-state index contributed by atoms with van der Waals surface area (Å²) in [5, 5.41) is 9.19. The monoisotopic (exact) mass is 250 g/mol. The second-order valence-electron chi connectivity index (χ2n) is 4.40. The second kappa shape index (κ2) is 6.99. The van der Waals surface area contributed by atoms with E-state index in [4.69, 9.17) is 0 Å². The third-order valence-corrected chi connectivity index (χ3v) is 3.33. The largest absolute Gasteiger partial charge is 0.478 e. The smallest absolute Gasteiger partial charge is 0.339 e. The maximum absolute atomic E-state index is 11.2. The first-order valence-corrected chi connectivity index (χ1v) is 6.57. The Balaban J connectivity index is 2.97. The van der Waals surface area contributed by atoms with E-state index in [1.165, 1.54) is 0 Å². The van der Waals surface area contributed by atoms with E-state index in [9.17, 15) is 9.90 Å². The van der Waals surface area contributed by atoms with Crippen LogP contribution in [-0.4, -0.2) is 29.1 Å². The van der Waals surface area contributed by atoms with Crippen LogP contribution < -0.4 is 4.90 Å². The van der Waals surface area contributed by atoms with E-state index in [0.717, 1.165) is 25.9 Å². The summed E-state index contributed by atoms with van der Waals surface area (Å²) < 4.78 is 0. The van der Waals surface area contributed by atoms with Gasteiger partial charge in [-0.3, -0.25) is 0 Å². The maximum Gasteiger partial charge on any atom is 0.339 e. The van der Waals surface area contributed by atoms with Crippen LogP contribution in [0.25, 0.3) is 0 Å². The molecule has 1 heterocycles. The lowest BCUT2D eigenvalue weighted by molar-refractivity contribution is 0.0697. The number of anilines is 1. The van der Waals surface area contributed by atoms with Gasteiger partial charge in [0.15, 0.2) is 0 Å². The third-order valence-electron chi connectivity index (χ3n) is 3.33. The van der Waals surface area contributed by atoms with Crippen molar-refractivity contribution < 1.29 is 9.90 Å². The normalized spacial score (nSPS) is 10.7. The minimum atomic E-state index is -0.916. The Labute approximate surface area is 109 Å². The van der Waals surface area contributed by atoms with Crippen LogP contribution in [0.2, 0.25) is 0 Å². The van der Waals surface area contributed by atoms with Crippen LogP contribution in [0.15, 0.2) is 18.3 Å². The third kappa shape index (κ3) is 3.45. The molecule has 4 heteroatoms. The van der Waals surface area contributed by atoms with Gasteiger partial charge in [-0.25, -0.2) is 9.78 Å². The van der Waals surface area contributed by atoms with Gasteiger partial charge in [-0.2, -0.15) is 0 Å². The van der Waals surface area contributed by atoms with Crippen LogP contribution in [0.3, 0.4) is 0 Å². The zero-order valence-electron chi connectivity index (χ0n) is 11.4. The number of carboxylic acid groups (broad SMARTS) is 1. The highest BCUT2D eigenvalue weighted by Crippen LogP contribution is 2.20. The van der Waals surface area contributed by atoms with Crippen LogP contribution in [0.5, 0.6) is 0 Å². The van der Waals surface area contributed by atoms with Crippen molar-refractivity contribution in [1.29, 1.82) is 0 Å². The molecule has 0 aliphatic carbocycles. The molecular formula is C14H22N2O2. The fraction of sp³-hybridized carbons (Fsp3) is 0.571. The Bertz CT molecular complexity index is 389. The summed E-state index contributed by atoms with van der Waals surface area (Å²) in [6.07, 6.45) is 3.85. The molecule has 0 radical (unpaired) electrons. The van der Waals surface area contributed by atoms with Crippen molar-refractivity contribution in [3.8, 4) is 0 Å². The lowest BCUT2D eigenvalue weighted by atomic mass is 10.0. The van der Waals surface area contributed by atoms with Gasteiger partial charge in [0.05, 0.1) is 0 Å². The Hall–Kier alpha value is -1.58. The van der Waals surface area contributed by atoms with E-state index in [-0.39, 0.29) is 5.56 Å². The van der Waals surface area contributed by atoms with E-state index in [2.05, 4.69) is 23.7 Å². The molecule has 100 valence electrons. The van der Waals surface area contributed by atoms with E-state index in [1.807, 2.05) is 6.92 Å².